The van der Waals surface area contributed by atoms with Gasteiger partial charge >= 0.3 is 5.97 Å². The van der Waals surface area contributed by atoms with Gasteiger partial charge in [-0.25, -0.2) is 4.79 Å². The average Bonchev–Trinajstić information content (AvgIpc) is 2.80. The Kier molecular flexibility index (Phi) is 5.52. The third-order valence-electron chi connectivity index (χ3n) is 5.25. The maximum absolute atomic E-state index is 12.7. The molecule has 0 saturated heterocycles. The molecule has 154 valence electrons. The second kappa shape index (κ2) is 8.41. The molecular weight excluding hydrogens is 384 g/mol. The number of hydrogen-bond donors (Lipinski definition) is 0. The number of amides is 1. The molecule has 0 aliphatic carbocycles. The number of carbonyl (C=O) groups is 2. The molecule has 1 aliphatic rings. The van der Waals surface area contributed by atoms with Crippen molar-refractivity contribution in [2.24, 2.45) is 0 Å². The quantitative estimate of drug-likeness (QED) is 0.606. The number of rotatable bonds is 5. The highest BCUT2D eigenvalue weighted by molar-refractivity contribution is 6.03. The molecule has 0 bridgehead atoms. The van der Waals surface area contributed by atoms with Gasteiger partial charge in [0.1, 0.15) is 0 Å². The zero-order valence-electron chi connectivity index (χ0n) is 16.9. The highest BCUT2D eigenvalue weighted by Gasteiger charge is 2.24. The van der Waals surface area contributed by atoms with E-state index >= 15 is 0 Å². The van der Waals surface area contributed by atoms with Crippen molar-refractivity contribution in [3.05, 3.63) is 65.4 Å². The van der Waals surface area contributed by atoms with Crippen molar-refractivity contribution in [3.63, 3.8) is 0 Å². The van der Waals surface area contributed by atoms with Crippen molar-refractivity contribution in [2.45, 2.75) is 13.0 Å². The molecule has 1 aliphatic heterocycles. The fourth-order valence-corrected chi connectivity index (χ4v) is 3.66. The molecule has 2 heterocycles. The molecule has 7 nitrogen and oxygen atoms in total. The molecule has 1 aromatic heterocycles. The van der Waals surface area contributed by atoms with Crippen molar-refractivity contribution < 1.29 is 23.8 Å². The monoisotopic (exact) mass is 406 g/mol. The van der Waals surface area contributed by atoms with Gasteiger partial charge in [0.2, 0.25) is 0 Å². The summed E-state index contributed by atoms with van der Waals surface area (Å²) in [6.07, 6.45) is 2.32. The van der Waals surface area contributed by atoms with Crippen molar-refractivity contribution >= 4 is 22.8 Å². The van der Waals surface area contributed by atoms with E-state index in [0.29, 0.717) is 42.1 Å². The molecule has 7 heteroatoms. The van der Waals surface area contributed by atoms with Gasteiger partial charge in [-0.05, 0) is 41.8 Å². The van der Waals surface area contributed by atoms with Crippen molar-refractivity contribution in [1.29, 1.82) is 0 Å². The lowest BCUT2D eigenvalue weighted by atomic mass is 9.99. The Bertz CT molecular complexity index is 1110. The summed E-state index contributed by atoms with van der Waals surface area (Å²) in [4.78, 5) is 31.1. The van der Waals surface area contributed by atoms with Gasteiger partial charge in [0.25, 0.3) is 5.91 Å². The number of fused-ring (bicyclic) bond motifs is 2. The van der Waals surface area contributed by atoms with E-state index in [9.17, 15) is 9.59 Å². The van der Waals surface area contributed by atoms with E-state index in [1.807, 2.05) is 24.3 Å². The second-order valence-electron chi connectivity index (χ2n) is 7.00. The normalized spacial score (nSPS) is 12.9. The first kappa shape index (κ1) is 19.7. The predicted molar refractivity (Wildman–Crippen MR) is 111 cm³/mol. The number of carbonyl (C=O) groups excluding carboxylic acids is 2. The van der Waals surface area contributed by atoms with E-state index in [2.05, 4.69) is 4.98 Å². The van der Waals surface area contributed by atoms with Gasteiger partial charge in [-0.1, -0.05) is 18.2 Å². The van der Waals surface area contributed by atoms with Crippen LogP contribution in [0.4, 0.5) is 0 Å². The number of esters is 1. The van der Waals surface area contributed by atoms with Crippen LogP contribution in [0.3, 0.4) is 0 Å². The standard InChI is InChI=1S/C23H22N2O5/c1-28-19-11-16-8-10-25(13-17(16)12-20(19)29-2)21(26)14-30-23(27)18-7-3-5-15-6-4-9-24-22(15)18/h3-7,9,11-12H,8,10,13-14H2,1-2H3. The van der Waals surface area contributed by atoms with Crippen LogP contribution in [0.5, 0.6) is 11.5 Å². The van der Waals surface area contributed by atoms with Gasteiger partial charge in [0.15, 0.2) is 18.1 Å². The lowest BCUT2D eigenvalue weighted by Crippen LogP contribution is -2.38. The van der Waals surface area contributed by atoms with Crippen LogP contribution >= 0.6 is 0 Å². The maximum Gasteiger partial charge on any atom is 0.340 e. The Balaban J connectivity index is 1.43. The minimum atomic E-state index is -0.559. The fraction of sp³-hybridized carbons (Fsp3) is 0.261. The summed E-state index contributed by atoms with van der Waals surface area (Å²) in [6.45, 7) is 0.668. The Morgan fingerprint density at radius 3 is 2.53 bits per heavy atom. The van der Waals surface area contributed by atoms with Gasteiger partial charge in [0.05, 0.1) is 25.3 Å². The summed E-state index contributed by atoms with van der Waals surface area (Å²) >= 11 is 0. The van der Waals surface area contributed by atoms with E-state index in [4.69, 9.17) is 14.2 Å². The van der Waals surface area contributed by atoms with Crippen LogP contribution in [0, 0.1) is 0 Å². The van der Waals surface area contributed by atoms with Crippen LogP contribution in [0.2, 0.25) is 0 Å². The highest BCUT2D eigenvalue weighted by atomic mass is 16.5. The molecule has 0 saturated carbocycles. The lowest BCUT2D eigenvalue weighted by Gasteiger charge is -2.29. The lowest BCUT2D eigenvalue weighted by molar-refractivity contribution is -0.135. The average molecular weight is 406 g/mol. The Morgan fingerprint density at radius 1 is 1.03 bits per heavy atom. The minimum absolute atomic E-state index is 0.239. The Morgan fingerprint density at radius 2 is 1.77 bits per heavy atom. The first-order valence-electron chi connectivity index (χ1n) is 9.63. The molecule has 0 unspecified atom stereocenters. The zero-order valence-corrected chi connectivity index (χ0v) is 16.9. The summed E-state index contributed by atoms with van der Waals surface area (Å²) in [7, 11) is 3.18. The molecule has 4 rings (SSSR count). The number of para-hydroxylation sites is 1. The summed E-state index contributed by atoms with van der Waals surface area (Å²) < 4.78 is 16.0. The van der Waals surface area contributed by atoms with Gasteiger partial charge < -0.3 is 19.1 Å². The smallest absolute Gasteiger partial charge is 0.340 e. The summed E-state index contributed by atoms with van der Waals surface area (Å²) in [6, 6.07) is 12.8. The summed E-state index contributed by atoms with van der Waals surface area (Å²) in [5, 5.41) is 0.843. The topological polar surface area (TPSA) is 78.0 Å². The molecule has 0 fully saturated rings. The molecule has 0 spiro atoms. The number of hydrogen-bond acceptors (Lipinski definition) is 6. The van der Waals surface area contributed by atoms with E-state index in [0.717, 1.165) is 16.5 Å². The number of nitrogens with zero attached hydrogens (tertiary/aromatic N) is 2. The first-order chi connectivity index (χ1) is 14.6. The van der Waals surface area contributed by atoms with Crippen LogP contribution in [0.1, 0.15) is 21.5 Å². The molecule has 2 aromatic carbocycles. The first-order valence-corrected chi connectivity index (χ1v) is 9.63. The van der Waals surface area contributed by atoms with Crippen LogP contribution in [0.25, 0.3) is 10.9 Å². The van der Waals surface area contributed by atoms with Gasteiger partial charge in [-0.15, -0.1) is 0 Å². The summed E-state index contributed by atoms with van der Waals surface area (Å²) in [5.74, 6) is 0.502. The molecule has 30 heavy (non-hydrogen) atoms. The third kappa shape index (κ3) is 3.78. The summed E-state index contributed by atoms with van der Waals surface area (Å²) in [5.41, 5.74) is 3.03. The van der Waals surface area contributed by atoms with E-state index in [1.165, 1.54) is 0 Å². The molecule has 0 radical (unpaired) electrons. The molecule has 3 aromatic rings. The van der Waals surface area contributed by atoms with Crippen molar-refractivity contribution in [1.82, 2.24) is 9.88 Å². The molecule has 1 amide bonds. The highest BCUT2D eigenvalue weighted by Crippen LogP contribution is 2.33. The maximum atomic E-state index is 12.7. The van der Waals surface area contributed by atoms with E-state index in [-0.39, 0.29) is 12.5 Å². The molecule has 0 N–H and O–H groups in total. The minimum Gasteiger partial charge on any atom is -0.493 e. The van der Waals surface area contributed by atoms with Gasteiger partial charge in [-0.3, -0.25) is 9.78 Å². The molecular formula is C23H22N2O5. The van der Waals surface area contributed by atoms with Gasteiger partial charge in [-0.2, -0.15) is 0 Å². The third-order valence-corrected chi connectivity index (χ3v) is 5.25. The predicted octanol–water partition coefficient (Wildman–Crippen LogP) is 2.99. The number of pyridine rings is 1. The number of ether oxygens (including phenoxy) is 3. The van der Waals surface area contributed by atoms with Crippen molar-refractivity contribution in [2.75, 3.05) is 27.4 Å². The Hall–Kier alpha value is -3.61. The second-order valence-corrected chi connectivity index (χ2v) is 7.00. The van der Waals surface area contributed by atoms with Crippen LogP contribution < -0.4 is 9.47 Å². The fourth-order valence-electron chi connectivity index (χ4n) is 3.66. The molecule has 0 atom stereocenters. The van der Waals surface area contributed by atoms with E-state index < -0.39 is 5.97 Å². The number of aromatic nitrogens is 1. The van der Waals surface area contributed by atoms with Gasteiger partial charge in [0, 0.05) is 24.7 Å². The number of methoxy groups -OCH3 is 2. The van der Waals surface area contributed by atoms with E-state index in [1.54, 1.807) is 43.5 Å². The van der Waals surface area contributed by atoms with Crippen LogP contribution in [0.15, 0.2) is 48.7 Å². The van der Waals surface area contributed by atoms with Crippen LogP contribution in [-0.4, -0.2) is 49.1 Å². The largest absolute Gasteiger partial charge is 0.493 e. The zero-order chi connectivity index (χ0) is 21.1. The Labute approximate surface area is 174 Å². The van der Waals surface area contributed by atoms with Crippen LogP contribution in [-0.2, 0) is 22.5 Å². The SMILES string of the molecule is COc1cc2c(cc1OC)CN(C(=O)COC(=O)c1cccc3cccnc13)CC2. The van der Waals surface area contributed by atoms with Crippen molar-refractivity contribution in [3.8, 4) is 11.5 Å². The number of benzene rings is 2.